The van der Waals surface area contributed by atoms with Crippen LogP contribution in [0.15, 0.2) is 46.2 Å². The molecule has 29 heavy (non-hydrogen) atoms. The molecule has 2 aromatic carbocycles. The molecule has 156 valence electrons. The molecule has 1 fully saturated rings. The normalized spacial score (nSPS) is 24.8. The zero-order chi connectivity index (χ0) is 20.8. The third kappa shape index (κ3) is 4.09. The molecule has 0 radical (unpaired) electrons. The number of halogens is 3. The first-order chi connectivity index (χ1) is 13.7. The molecule has 3 atom stereocenters. The molecule has 2 aromatic rings. The highest BCUT2D eigenvalue weighted by Gasteiger charge is 2.37. The zero-order valence-corrected chi connectivity index (χ0v) is 17.8. The molecule has 2 N–H and O–H groups in total. The van der Waals surface area contributed by atoms with Crippen LogP contribution in [0.1, 0.15) is 52.0 Å². The number of nitrogens with one attached hydrogen (secondary N) is 2. The van der Waals surface area contributed by atoms with Crippen molar-refractivity contribution < 1.29 is 13.2 Å². The van der Waals surface area contributed by atoms with E-state index in [1.54, 1.807) is 0 Å². The molecule has 2 aliphatic rings. The van der Waals surface area contributed by atoms with Crippen molar-refractivity contribution in [1.82, 2.24) is 0 Å². The largest absolute Gasteiger partial charge is 0.416 e. The van der Waals surface area contributed by atoms with Gasteiger partial charge in [0.05, 0.1) is 22.6 Å². The van der Waals surface area contributed by atoms with Crippen LogP contribution in [0.25, 0.3) is 0 Å². The van der Waals surface area contributed by atoms with Crippen LogP contribution in [0.5, 0.6) is 0 Å². The molecule has 6 heteroatoms. The second kappa shape index (κ2) is 7.46. The predicted octanol–water partition coefficient (Wildman–Crippen LogP) is 7.93. The summed E-state index contributed by atoms with van der Waals surface area (Å²) in [4.78, 5) is 1.54. The minimum atomic E-state index is -4.38. The molecule has 0 saturated heterocycles. The summed E-state index contributed by atoms with van der Waals surface area (Å²) in [5.41, 5.74) is 1.66. The van der Waals surface area contributed by atoms with Gasteiger partial charge in [-0.1, -0.05) is 50.6 Å². The van der Waals surface area contributed by atoms with Crippen molar-refractivity contribution >= 4 is 28.8 Å². The number of hydrogen-bond acceptors (Lipinski definition) is 3. The van der Waals surface area contributed by atoms with Gasteiger partial charge >= 0.3 is 6.18 Å². The van der Waals surface area contributed by atoms with Crippen LogP contribution in [0, 0.1) is 11.3 Å². The molecule has 1 aliphatic heterocycles. The number of alkyl halides is 3. The monoisotopic (exact) mass is 420 g/mol. The highest BCUT2D eigenvalue weighted by Crippen LogP contribution is 2.50. The Bertz CT molecular complexity index is 911. The smallest absolute Gasteiger partial charge is 0.380 e. The third-order valence-electron chi connectivity index (χ3n) is 6.47. The molecule has 0 spiro atoms. The van der Waals surface area contributed by atoms with Gasteiger partial charge in [0.2, 0.25) is 0 Å². The van der Waals surface area contributed by atoms with Gasteiger partial charge in [-0.05, 0) is 55.4 Å². The van der Waals surface area contributed by atoms with Gasteiger partial charge in [-0.3, -0.25) is 0 Å². The van der Waals surface area contributed by atoms with E-state index >= 15 is 0 Å². The van der Waals surface area contributed by atoms with E-state index in [2.05, 4.69) is 31.4 Å². The highest BCUT2D eigenvalue weighted by molar-refractivity contribution is 7.99. The van der Waals surface area contributed by atoms with E-state index in [-0.39, 0.29) is 11.5 Å². The van der Waals surface area contributed by atoms with Gasteiger partial charge in [-0.25, -0.2) is 0 Å². The van der Waals surface area contributed by atoms with Gasteiger partial charge in [-0.2, -0.15) is 13.2 Å². The number of benzene rings is 2. The van der Waals surface area contributed by atoms with Gasteiger partial charge < -0.3 is 10.6 Å². The maximum atomic E-state index is 13.6. The molecule has 0 amide bonds. The van der Waals surface area contributed by atoms with Crippen molar-refractivity contribution in [2.24, 2.45) is 11.3 Å². The second-order valence-electron chi connectivity index (χ2n) is 8.84. The number of fused-ring (bicyclic) bond motifs is 2. The van der Waals surface area contributed by atoms with E-state index in [9.17, 15) is 13.2 Å². The molecule has 4 rings (SSSR count). The van der Waals surface area contributed by atoms with Crippen molar-refractivity contribution in [2.45, 2.75) is 68.5 Å². The first-order valence-corrected chi connectivity index (χ1v) is 11.0. The van der Waals surface area contributed by atoms with E-state index in [1.165, 1.54) is 36.7 Å². The summed E-state index contributed by atoms with van der Waals surface area (Å²) >= 11 is 1.39. The predicted molar refractivity (Wildman–Crippen MR) is 114 cm³/mol. The number of anilines is 3. The summed E-state index contributed by atoms with van der Waals surface area (Å²) in [6, 6.07) is 10.3. The molecule has 0 bridgehead atoms. The average Bonchev–Trinajstić information content (AvgIpc) is 2.65. The van der Waals surface area contributed by atoms with E-state index in [4.69, 9.17) is 0 Å². The summed E-state index contributed by atoms with van der Waals surface area (Å²) in [7, 11) is 0. The number of para-hydroxylation sites is 1. The first kappa shape index (κ1) is 20.5. The molecule has 3 unspecified atom stereocenters. The molecular formula is C23H27F3N2S. The Morgan fingerprint density at radius 3 is 2.69 bits per heavy atom. The topological polar surface area (TPSA) is 24.1 Å². The van der Waals surface area contributed by atoms with Crippen molar-refractivity contribution in [2.75, 3.05) is 10.6 Å². The van der Waals surface area contributed by atoms with Crippen molar-refractivity contribution in [3.05, 3.63) is 42.0 Å². The van der Waals surface area contributed by atoms with Crippen LogP contribution in [0.3, 0.4) is 0 Å². The average molecular weight is 421 g/mol. The minimum absolute atomic E-state index is 0.0680. The SMILES string of the molecule is CC1CCCC(C)(C(C)Nc2cc(C(F)(F)F)cc3c2Nc2ccccc2S3)C1. The maximum absolute atomic E-state index is 13.6. The lowest BCUT2D eigenvalue weighted by atomic mass is 9.67. The first-order valence-electron chi connectivity index (χ1n) is 10.2. The lowest BCUT2D eigenvalue weighted by molar-refractivity contribution is -0.137. The second-order valence-corrected chi connectivity index (χ2v) is 9.92. The van der Waals surface area contributed by atoms with E-state index in [1.807, 2.05) is 24.3 Å². The summed E-state index contributed by atoms with van der Waals surface area (Å²) in [5.74, 6) is 0.647. The molecule has 0 aromatic heterocycles. The molecule has 1 heterocycles. The fraction of sp³-hybridized carbons (Fsp3) is 0.478. The van der Waals surface area contributed by atoms with E-state index in [0.717, 1.165) is 29.1 Å². The fourth-order valence-corrected chi connectivity index (χ4v) is 5.73. The minimum Gasteiger partial charge on any atom is -0.380 e. The van der Waals surface area contributed by atoms with Crippen LogP contribution >= 0.6 is 11.8 Å². The van der Waals surface area contributed by atoms with Crippen molar-refractivity contribution in [3.8, 4) is 0 Å². The Morgan fingerprint density at radius 2 is 1.97 bits per heavy atom. The number of rotatable bonds is 3. The molecule has 1 saturated carbocycles. The van der Waals surface area contributed by atoms with Crippen LogP contribution < -0.4 is 10.6 Å². The quantitative estimate of drug-likeness (QED) is 0.450. The van der Waals surface area contributed by atoms with Crippen LogP contribution in [0.4, 0.5) is 30.2 Å². The standard InChI is InChI=1S/C23H27F3N2S/c1-14-7-6-10-22(3,13-14)15(2)27-18-11-16(23(24,25)26)12-20-21(18)28-17-8-4-5-9-19(17)29-20/h4-5,8-9,11-12,14-15,27-28H,6-7,10,13H2,1-3H3. The Morgan fingerprint density at radius 1 is 1.21 bits per heavy atom. The third-order valence-corrected chi connectivity index (χ3v) is 7.59. The maximum Gasteiger partial charge on any atom is 0.416 e. The van der Waals surface area contributed by atoms with Gasteiger partial charge in [0, 0.05) is 15.8 Å². The summed E-state index contributed by atoms with van der Waals surface area (Å²) in [6.45, 7) is 6.64. The van der Waals surface area contributed by atoms with Crippen molar-refractivity contribution in [3.63, 3.8) is 0 Å². The van der Waals surface area contributed by atoms with Gasteiger partial charge in [0.1, 0.15) is 0 Å². The molecule has 1 aliphatic carbocycles. The summed E-state index contributed by atoms with van der Waals surface area (Å²) in [5, 5.41) is 6.83. The van der Waals surface area contributed by atoms with Gasteiger partial charge in [0.15, 0.2) is 0 Å². The Balaban J connectivity index is 1.71. The van der Waals surface area contributed by atoms with E-state index in [0.29, 0.717) is 16.5 Å². The number of hydrogen-bond donors (Lipinski definition) is 2. The van der Waals surface area contributed by atoms with Crippen LogP contribution in [0.2, 0.25) is 0 Å². The Labute approximate surface area is 174 Å². The van der Waals surface area contributed by atoms with Crippen LogP contribution in [-0.2, 0) is 6.18 Å². The van der Waals surface area contributed by atoms with Gasteiger partial charge in [-0.15, -0.1) is 0 Å². The summed E-state index contributed by atoms with van der Waals surface area (Å²) in [6.07, 6.45) is 0.211. The lowest BCUT2D eigenvalue weighted by Crippen LogP contribution is -2.39. The fourth-order valence-electron chi connectivity index (χ4n) is 4.67. The molecular weight excluding hydrogens is 393 g/mol. The summed E-state index contributed by atoms with van der Waals surface area (Å²) < 4.78 is 40.8. The van der Waals surface area contributed by atoms with Crippen molar-refractivity contribution in [1.29, 1.82) is 0 Å². The highest BCUT2D eigenvalue weighted by atomic mass is 32.2. The lowest BCUT2D eigenvalue weighted by Gasteiger charge is -2.42. The van der Waals surface area contributed by atoms with E-state index < -0.39 is 11.7 Å². The Hall–Kier alpha value is -1.82. The zero-order valence-electron chi connectivity index (χ0n) is 17.0. The van der Waals surface area contributed by atoms with Gasteiger partial charge in [0.25, 0.3) is 0 Å². The molecule has 2 nitrogen and oxygen atoms in total. The Kier molecular flexibility index (Phi) is 5.26. The van der Waals surface area contributed by atoms with Crippen LogP contribution in [-0.4, -0.2) is 6.04 Å².